The molecule has 0 saturated carbocycles. The number of alkyl halides is 1. The Labute approximate surface area is 65.5 Å². The molecule has 1 atom stereocenters. The van der Waals surface area contributed by atoms with E-state index in [0.29, 0.717) is 6.42 Å². The summed E-state index contributed by atoms with van der Waals surface area (Å²) in [5.41, 5.74) is -0.188. The molecule has 0 aliphatic heterocycles. The molecule has 10 heavy (non-hydrogen) atoms. The largest absolute Gasteiger partial charge is 0.234 e. The van der Waals surface area contributed by atoms with Gasteiger partial charge in [-0.15, -0.1) is 0 Å². The topological polar surface area (TPSA) is 0 Å². The first-order valence-electron chi connectivity index (χ1n) is 3.13. The van der Waals surface area contributed by atoms with Gasteiger partial charge in [-0.1, -0.05) is 43.0 Å². The number of hydrogen-bond acceptors (Lipinski definition) is 0. The number of halogens is 1. The van der Waals surface area contributed by atoms with Crippen molar-refractivity contribution in [3.63, 3.8) is 0 Å². The SMILES string of the molecule is FC([S])Cc1ccccc1. The van der Waals surface area contributed by atoms with Crippen molar-refractivity contribution in [1.29, 1.82) is 0 Å². The monoisotopic (exact) mass is 155 g/mol. The zero-order chi connectivity index (χ0) is 7.40. The van der Waals surface area contributed by atoms with Crippen LogP contribution in [-0.2, 0) is 6.42 Å². The lowest BCUT2D eigenvalue weighted by Crippen LogP contribution is -1.93. The summed E-state index contributed by atoms with van der Waals surface area (Å²) in [6, 6.07) is 9.41. The Bertz CT molecular complexity index is 184. The molecule has 53 valence electrons. The van der Waals surface area contributed by atoms with E-state index >= 15 is 0 Å². The van der Waals surface area contributed by atoms with Crippen LogP contribution in [0.5, 0.6) is 0 Å². The third kappa shape index (κ3) is 2.40. The second-order valence-corrected chi connectivity index (χ2v) is 2.61. The Hall–Kier alpha value is -0.500. The quantitative estimate of drug-likeness (QED) is 0.616. The molecule has 0 aliphatic rings. The van der Waals surface area contributed by atoms with Crippen molar-refractivity contribution >= 4 is 12.6 Å². The molecule has 0 aliphatic carbocycles. The van der Waals surface area contributed by atoms with Crippen LogP contribution < -0.4 is 0 Å². The molecular formula is C8H8FS. The second-order valence-electron chi connectivity index (χ2n) is 2.10. The van der Waals surface area contributed by atoms with Gasteiger partial charge in [0.2, 0.25) is 0 Å². The fourth-order valence-electron chi connectivity index (χ4n) is 0.799. The van der Waals surface area contributed by atoms with E-state index in [4.69, 9.17) is 0 Å². The second kappa shape index (κ2) is 3.62. The van der Waals surface area contributed by atoms with Gasteiger partial charge in [-0.05, 0) is 5.56 Å². The van der Waals surface area contributed by atoms with Gasteiger partial charge >= 0.3 is 0 Å². The summed E-state index contributed by atoms with van der Waals surface area (Å²) in [6.45, 7) is 0. The molecule has 0 aromatic heterocycles. The molecule has 0 amide bonds. The minimum absolute atomic E-state index is 0.343. The van der Waals surface area contributed by atoms with Crippen LogP contribution >= 0.6 is 12.6 Å². The fraction of sp³-hybridized carbons (Fsp3) is 0.250. The molecule has 0 N–H and O–H groups in total. The molecule has 1 radical (unpaired) electrons. The third-order valence-corrected chi connectivity index (χ3v) is 1.41. The first kappa shape index (κ1) is 7.61. The lowest BCUT2D eigenvalue weighted by molar-refractivity contribution is 0.454. The highest BCUT2D eigenvalue weighted by Crippen LogP contribution is 2.07. The van der Waals surface area contributed by atoms with E-state index in [0.717, 1.165) is 5.56 Å². The molecule has 1 unspecified atom stereocenters. The van der Waals surface area contributed by atoms with Crippen LogP contribution in [0.4, 0.5) is 4.39 Å². The molecule has 0 fully saturated rings. The maximum Gasteiger partial charge on any atom is 0.159 e. The molecule has 0 nitrogen and oxygen atoms in total. The van der Waals surface area contributed by atoms with E-state index in [1.54, 1.807) is 0 Å². The van der Waals surface area contributed by atoms with E-state index in [2.05, 4.69) is 12.6 Å². The molecule has 0 saturated heterocycles. The Morgan fingerprint density at radius 2 is 1.90 bits per heavy atom. The minimum Gasteiger partial charge on any atom is -0.234 e. The summed E-state index contributed by atoms with van der Waals surface area (Å²) in [6.07, 6.45) is 0.343. The predicted octanol–water partition coefficient (Wildman–Crippen LogP) is 2.72. The van der Waals surface area contributed by atoms with Crippen molar-refractivity contribution in [2.24, 2.45) is 0 Å². The summed E-state index contributed by atoms with van der Waals surface area (Å²) in [5, 5.41) is 0. The maximum atomic E-state index is 12.2. The summed E-state index contributed by atoms with van der Waals surface area (Å²) >= 11 is 4.39. The molecule has 0 spiro atoms. The number of rotatable bonds is 2. The summed E-state index contributed by atoms with van der Waals surface area (Å²) < 4.78 is 12.2. The van der Waals surface area contributed by atoms with Crippen molar-refractivity contribution in [1.82, 2.24) is 0 Å². The van der Waals surface area contributed by atoms with Gasteiger partial charge in [0.15, 0.2) is 5.50 Å². The predicted molar refractivity (Wildman–Crippen MR) is 42.6 cm³/mol. The van der Waals surface area contributed by atoms with Crippen molar-refractivity contribution in [3.8, 4) is 0 Å². The molecule has 2 heteroatoms. The molecule has 1 aromatic rings. The first-order valence-corrected chi connectivity index (χ1v) is 3.60. The van der Waals surface area contributed by atoms with Gasteiger partial charge in [0, 0.05) is 6.42 Å². The minimum atomic E-state index is -1.15. The Morgan fingerprint density at radius 3 is 2.40 bits per heavy atom. The van der Waals surface area contributed by atoms with E-state index in [1.807, 2.05) is 30.3 Å². The normalized spacial score (nSPS) is 13.0. The lowest BCUT2D eigenvalue weighted by Gasteiger charge is -1.98. The van der Waals surface area contributed by atoms with E-state index < -0.39 is 5.50 Å². The third-order valence-electron chi connectivity index (χ3n) is 1.24. The van der Waals surface area contributed by atoms with Gasteiger partial charge in [-0.2, -0.15) is 0 Å². The lowest BCUT2D eigenvalue weighted by atomic mass is 10.2. The Morgan fingerprint density at radius 1 is 1.30 bits per heavy atom. The van der Waals surface area contributed by atoms with Crippen LogP contribution in [0.25, 0.3) is 0 Å². The van der Waals surface area contributed by atoms with Crippen molar-refractivity contribution in [2.75, 3.05) is 0 Å². The Kier molecular flexibility index (Phi) is 2.75. The molecule has 1 rings (SSSR count). The van der Waals surface area contributed by atoms with Gasteiger partial charge in [-0.3, -0.25) is 0 Å². The van der Waals surface area contributed by atoms with Gasteiger partial charge in [0.1, 0.15) is 0 Å². The molecule has 1 aromatic carbocycles. The van der Waals surface area contributed by atoms with E-state index in [9.17, 15) is 4.39 Å². The van der Waals surface area contributed by atoms with Gasteiger partial charge in [0.05, 0.1) is 0 Å². The average Bonchev–Trinajstić information content (AvgIpc) is 1.88. The van der Waals surface area contributed by atoms with Crippen LogP contribution in [0.2, 0.25) is 0 Å². The van der Waals surface area contributed by atoms with Crippen molar-refractivity contribution in [3.05, 3.63) is 35.9 Å². The van der Waals surface area contributed by atoms with Crippen LogP contribution in [0.1, 0.15) is 5.56 Å². The van der Waals surface area contributed by atoms with Crippen LogP contribution in [0.15, 0.2) is 30.3 Å². The van der Waals surface area contributed by atoms with E-state index in [1.165, 1.54) is 0 Å². The smallest absolute Gasteiger partial charge is 0.159 e. The zero-order valence-corrected chi connectivity index (χ0v) is 6.27. The van der Waals surface area contributed by atoms with Gasteiger partial charge in [-0.25, -0.2) is 4.39 Å². The van der Waals surface area contributed by atoms with Crippen LogP contribution in [0, 0.1) is 0 Å². The van der Waals surface area contributed by atoms with E-state index in [-0.39, 0.29) is 0 Å². The molecule has 0 heterocycles. The van der Waals surface area contributed by atoms with Gasteiger partial charge < -0.3 is 0 Å². The average molecular weight is 155 g/mol. The highest BCUT2D eigenvalue weighted by molar-refractivity contribution is 7.80. The maximum absolute atomic E-state index is 12.2. The summed E-state index contributed by atoms with van der Waals surface area (Å²) in [5.74, 6) is 0. The van der Waals surface area contributed by atoms with Crippen molar-refractivity contribution < 1.29 is 4.39 Å². The standard InChI is InChI=1S/C8H8FS/c9-8(10)6-7-4-2-1-3-5-7/h1-5,8H,6H2. The van der Waals surface area contributed by atoms with Crippen LogP contribution in [0.3, 0.4) is 0 Å². The highest BCUT2D eigenvalue weighted by atomic mass is 32.1. The number of benzene rings is 1. The molecule has 0 bridgehead atoms. The molecular weight excluding hydrogens is 147 g/mol. The zero-order valence-electron chi connectivity index (χ0n) is 5.46. The van der Waals surface area contributed by atoms with Gasteiger partial charge in [0.25, 0.3) is 0 Å². The van der Waals surface area contributed by atoms with Crippen LogP contribution in [-0.4, -0.2) is 5.50 Å². The summed E-state index contributed by atoms with van der Waals surface area (Å²) in [7, 11) is 0. The number of hydrogen-bond donors (Lipinski definition) is 0. The Balaban J connectivity index is 2.59. The summed E-state index contributed by atoms with van der Waals surface area (Å²) in [4.78, 5) is 0. The first-order chi connectivity index (χ1) is 4.79. The highest BCUT2D eigenvalue weighted by Gasteiger charge is 1.99. The van der Waals surface area contributed by atoms with Crippen molar-refractivity contribution in [2.45, 2.75) is 11.9 Å². The fourth-order valence-corrected chi connectivity index (χ4v) is 0.992.